The van der Waals surface area contributed by atoms with Crippen LogP contribution in [0.15, 0.2) is 54.7 Å². The normalized spacial score (nSPS) is 16.3. The number of ether oxygens (including phenoxy) is 1. The Morgan fingerprint density at radius 2 is 2.00 bits per heavy atom. The van der Waals surface area contributed by atoms with Crippen molar-refractivity contribution < 1.29 is 9.53 Å². The number of piperidine rings is 1. The van der Waals surface area contributed by atoms with Gasteiger partial charge in [-0.3, -0.25) is 4.79 Å². The molecule has 1 unspecified atom stereocenters. The van der Waals surface area contributed by atoms with E-state index < -0.39 is 0 Å². The van der Waals surface area contributed by atoms with Crippen molar-refractivity contribution in [1.29, 1.82) is 0 Å². The maximum absolute atomic E-state index is 12.9. The van der Waals surface area contributed by atoms with Gasteiger partial charge in [-0.05, 0) is 55.7 Å². The van der Waals surface area contributed by atoms with Crippen molar-refractivity contribution in [1.82, 2.24) is 14.6 Å². The van der Waals surface area contributed by atoms with E-state index in [0.29, 0.717) is 6.54 Å². The number of carbonyl (C=O) groups excluding carboxylic acids is 1. The molecule has 5 rings (SSSR count). The molecule has 1 aliphatic heterocycles. The lowest BCUT2D eigenvalue weighted by molar-refractivity contribution is -0.120. The molecule has 1 aliphatic rings. The minimum atomic E-state index is -0.0607. The molecule has 4 aromatic rings. The molecule has 1 saturated heterocycles. The molecule has 0 radical (unpaired) electrons. The lowest BCUT2D eigenvalue weighted by Crippen LogP contribution is -2.40. The predicted octanol–water partition coefficient (Wildman–Crippen LogP) is 4.63. The number of rotatable bonds is 5. The molecule has 0 spiro atoms. The van der Waals surface area contributed by atoms with Gasteiger partial charge in [-0.15, -0.1) is 5.10 Å². The third kappa shape index (κ3) is 4.05. The van der Waals surface area contributed by atoms with Crippen molar-refractivity contribution in [3.8, 4) is 17.0 Å². The minimum Gasteiger partial charge on any atom is -0.497 e. The number of amides is 1. The summed E-state index contributed by atoms with van der Waals surface area (Å²) in [5.41, 5.74) is 3.86. The zero-order chi connectivity index (χ0) is 22.1. The monoisotopic (exact) mass is 447 g/mol. The lowest BCUT2D eigenvalue weighted by atomic mass is 9.97. The topological polar surface area (TPSA) is 71.8 Å². The van der Waals surface area contributed by atoms with Crippen molar-refractivity contribution in [2.75, 3.05) is 30.4 Å². The summed E-state index contributed by atoms with van der Waals surface area (Å²) in [6.07, 6.45) is 3.80. The van der Waals surface area contributed by atoms with Gasteiger partial charge in [0.1, 0.15) is 5.75 Å². The number of carbonyl (C=O) groups is 1. The molecule has 0 bridgehead atoms. The SMILES string of the molecule is COc1ccc(-c2cn3nc(N4CCCC(C(=O)Nc5ccccc5C)C4)sc3n2)cc1. The standard InChI is InChI=1S/C24H25N5O2S/c1-16-6-3-4-8-20(16)25-22(30)18-7-5-13-28(14-18)24-27-29-15-21(26-23(29)32-24)17-9-11-19(31-2)12-10-17/h3-4,6,8-12,15,18H,5,7,13-14H2,1-2H3,(H,25,30). The highest BCUT2D eigenvalue weighted by Crippen LogP contribution is 2.30. The molecule has 8 heteroatoms. The second-order valence-electron chi connectivity index (χ2n) is 8.06. The number of nitrogens with one attached hydrogen (secondary N) is 1. The quantitative estimate of drug-likeness (QED) is 0.483. The molecule has 32 heavy (non-hydrogen) atoms. The van der Waals surface area contributed by atoms with Crippen molar-refractivity contribution in [3.63, 3.8) is 0 Å². The molecule has 3 heterocycles. The number of imidazole rings is 1. The number of nitrogens with zero attached hydrogens (tertiary/aromatic N) is 4. The highest BCUT2D eigenvalue weighted by Gasteiger charge is 2.28. The molecule has 2 aromatic heterocycles. The summed E-state index contributed by atoms with van der Waals surface area (Å²) < 4.78 is 7.06. The first-order valence-electron chi connectivity index (χ1n) is 10.7. The molecular formula is C24H25N5O2S. The number of fused-ring (bicyclic) bond motifs is 1. The van der Waals surface area contributed by atoms with Gasteiger partial charge in [0.05, 0.1) is 24.9 Å². The number of para-hydroxylation sites is 1. The summed E-state index contributed by atoms with van der Waals surface area (Å²) in [5, 5.41) is 8.75. The van der Waals surface area contributed by atoms with Crippen LogP contribution in [0.5, 0.6) is 5.75 Å². The van der Waals surface area contributed by atoms with Crippen LogP contribution < -0.4 is 15.0 Å². The van der Waals surface area contributed by atoms with Crippen LogP contribution in [0.3, 0.4) is 0 Å². The number of benzene rings is 2. The van der Waals surface area contributed by atoms with Crippen LogP contribution in [-0.4, -0.2) is 40.7 Å². The van der Waals surface area contributed by atoms with E-state index in [1.807, 2.05) is 66.2 Å². The average Bonchev–Trinajstić information content (AvgIpc) is 3.40. The van der Waals surface area contributed by atoms with Crippen LogP contribution >= 0.6 is 11.3 Å². The fourth-order valence-electron chi connectivity index (χ4n) is 4.03. The van der Waals surface area contributed by atoms with Crippen LogP contribution in [0.2, 0.25) is 0 Å². The van der Waals surface area contributed by atoms with E-state index in [1.165, 1.54) is 0 Å². The van der Waals surface area contributed by atoms with Gasteiger partial charge < -0.3 is 15.0 Å². The van der Waals surface area contributed by atoms with E-state index in [0.717, 1.165) is 57.7 Å². The summed E-state index contributed by atoms with van der Waals surface area (Å²) >= 11 is 1.56. The number of aryl methyl sites for hydroxylation is 1. The Hall–Kier alpha value is -3.39. The first-order chi connectivity index (χ1) is 15.6. The van der Waals surface area contributed by atoms with E-state index in [1.54, 1.807) is 18.4 Å². The van der Waals surface area contributed by atoms with E-state index in [-0.39, 0.29) is 11.8 Å². The van der Waals surface area contributed by atoms with Gasteiger partial charge in [-0.1, -0.05) is 29.5 Å². The molecule has 1 fully saturated rings. The Kier molecular flexibility index (Phi) is 5.53. The van der Waals surface area contributed by atoms with Crippen molar-refractivity contribution in [3.05, 3.63) is 60.3 Å². The second-order valence-corrected chi connectivity index (χ2v) is 8.99. The molecule has 1 N–H and O–H groups in total. The van der Waals surface area contributed by atoms with E-state index >= 15 is 0 Å². The maximum Gasteiger partial charge on any atom is 0.229 e. The molecule has 0 saturated carbocycles. The van der Waals surface area contributed by atoms with Crippen LogP contribution in [0.1, 0.15) is 18.4 Å². The zero-order valence-corrected chi connectivity index (χ0v) is 18.9. The van der Waals surface area contributed by atoms with Crippen molar-refractivity contribution in [2.24, 2.45) is 5.92 Å². The maximum atomic E-state index is 12.9. The fraction of sp³-hybridized carbons (Fsp3) is 0.292. The highest BCUT2D eigenvalue weighted by molar-refractivity contribution is 7.20. The summed E-state index contributed by atoms with van der Waals surface area (Å²) in [7, 11) is 1.66. The number of hydrogen-bond donors (Lipinski definition) is 1. The fourth-order valence-corrected chi connectivity index (χ4v) is 4.95. The Bertz CT molecular complexity index is 1220. The van der Waals surface area contributed by atoms with Gasteiger partial charge in [-0.2, -0.15) is 0 Å². The Balaban J connectivity index is 1.29. The molecule has 1 amide bonds. The summed E-state index contributed by atoms with van der Waals surface area (Å²) in [5.74, 6) is 0.836. The van der Waals surface area contributed by atoms with Crippen LogP contribution in [0.25, 0.3) is 16.2 Å². The number of anilines is 2. The van der Waals surface area contributed by atoms with Gasteiger partial charge in [0.15, 0.2) is 0 Å². The number of hydrogen-bond acceptors (Lipinski definition) is 6. The molecule has 7 nitrogen and oxygen atoms in total. The van der Waals surface area contributed by atoms with Gasteiger partial charge in [0.2, 0.25) is 16.0 Å². The van der Waals surface area contributed by atoms with Gasteiger partial charge >= 0.3 is 0 Å². The molecular weight excluding hydrogens is 422 g/mol. The summed E-state index contributed by atoms with van der Waals surface area (Å²) in [6.45, 7) is 3.57. The Morgan fingerprint density at radius 3 is 2.75 bits per heavy atom. The van der Waals surface area contributed by atoms with Crippen molar-refractivity contribution >= 4 is 33.0 Å². The first-order valence-corrected chi connectivity index (χ1v) is 11.5. The number of methoxy groups -OCH3 is 1. The van der Waals surface area contributed by atoms with Crippen molar-refractivity contribution in [2.45, 2.75) is 19.8 Å². The summed E-state index contributed by atoms with van der Waals surface area (Å²) in [4.78, 5) is 20.7. The lowest BCUT2D eigenvalue weighted by Gasteiger charge is -2.31. The first kappa shape index (κ1) is 20.5. The van der Waals surface area contributed by atoms with Gasteiger partial charge in [0.25, 0.3) is 0 Å². The molecule has 164 valence electrons. The third-order valence-electron chi connectivity index (χ3n) is 5.88. The van der Waals surface area contributed by atoms with E-state index in [2.05, 4.69) is 10.2 Å². The third-order valence-corrected chi connectivity index (χ3v) is 6.87. The van der Waals surface area contributed by atoms with Gasteiger partial charge in [0, 0.05) is 24.3 Å². The summed E-state index contributed by atoms with van der Waals surface area (Å²) in [6, 6.07) is 15.7. The van der Waals surface area contributed by atoms with E-state index in [9.17, 15) is 4.79 Å². The van der Waals surface area contributed by atoms with Gasteiger partial charge in [-0.25, -0.2) is 9.50 Å². The minimum absolute atomic E-state index is 0.0607. The van der Waals surface area contributed by atoms with Crippen LogP contribution in [0, 0.1) is 12.8 Å². The molecule has 1 atom stereocenters. The largest absolute Gasteiger partial charge is 0.497 e. The van der Waals surface area contributed by atoms with E-state index in [4.69, 9.17) is 14.8 Å². The Morgan fingerprint density at radius 1 is 1.19 bits per heavy atom. The second kappa shape index (κ2) is 8.63. The predicted molar refractivity (Wildman–Crippen MR) is 128 cm³/mol. The average molecular weight is 448 g/mol. The molecule has 2 aromatic carbocycles. The Labute approximate surface area is 190 Å². The van der Waals surface area contributed by atoms with Crippen LogP contribution in [-0.2, 0) is 4.79 Å². The number of aromatic nitrogens is 3. The molecule has 0 aliphatic carbocycles. The highest BCUT2D eigenvalue weighted by atomic mass is 32.1. The van der Waals surface area contributed by atoms with Crippen LogP contribution in [0.4, 0.5) is 10.8 Å². The zero-order valence-electron chi connectivity index (χ0n) is 18.1. The smallest absolute Gasteiger partial charge is 0.229 e.